The molecule has 0 atom stereocenters. The largest absolute Gasteiger partial charge is 0.496 e. The van der Waals surface area contributed by atoms with E-state index in [-0.39, 0.29) is 0 Å². The fourth-order valence-electron chi connectivity index (χ4n) is 23.4. The number of aryl methyl sites for hydroxylation is 18. The molecular formula is C126H156O6. The lowest BCUT2D eigenvalue weighted by atomic mass is 9.68. The van der Waals surface area contributed by atoms with Crippen molar-refractivity contribution in [2.24, 2.45) is 0 Å². The second-order valence-electron chi connectivity index (χ2n) is 46.1. The molecule has 6 heteroatoms. The average Bonchev–Trinajstić information content (AvgIpc) is 0.718. The van der Waals surface area contributed by atoms with Crippen molar-refractivity contribution in [3.8, 4) is 34.5 Å². The highest BCUT2D eigenvalue weighted by Gasteiger charge is 2.45. The Morgan fingerprint density at radius 3 is 0.295 bits per heavy atom. The second-order valence-corrected chi connectivity index (χ2v) is 46.1. The highest BCUT2D eigenvalue weighted by atomic mass is 16.5. The number of ether oxygens (including phenoxy) is 6. The standard InChI is InChI=1S/C126H156O6/c1-67-43-73(7)103(74(8)44-67)109-91-55-85(121(19,20)21)57-93(115(91)127-37)110(104-75(9)45-68(2)46-76(104)10)95-59-87(123(25,26)27)61-97(117(95)129-39)112(106-79(13)49-70(4)50-80(106)14)99-63-89(125(31,32)33)65-101(119(99)131-41)114(108-83(17)53-72(6)54-84(108)18)102-66-90(126(34,35)36)64-100(120(102)132-42)113(107-81(15)51-71(5)52-82(107)16)98-62-88(124(28,29)30)60-96(118(98)130-40)111(105-77(11)47-69(3)48-78(105)12)94-58-86(122(22,23)24)56-92(109)116(94)128-38/h43-66,109-114H,1-42H3. The van der Waals surface area contributed by atoms with Gasteiger partial charge in [-0.3, -0.25) is 0 Å². The van der Waals surface area contributed by atoms with Gasteiger partial charge in [0.2, 0.25) is 0 Å². The molecule has 12 bridgehead atoms. The van der Waals surface area contributed by atoms with Crippen molar-refractivity contribution in [2.75, 3.05) is 42.7 Å². The van der Waals surface area contributed by atoms with Crippen LogP contribution >= 0.6 is 0 Å². The van der Waals surface area contributed by atoms with Gasteiger partial charge >= 0.3 is 0 Å². The summed E-state index contributed by atoms with van der Waals surface area (Å²) in [6.07, 6.45) is 0. The van der Waals surface area contributed by atoms with E-state index in [1.807, 2.05) is 42.7 Å². The molecule has 0 heterocycles. The molecule has 0 spiro atoms. The van der Waals surface area contributed by atoms with Crippen LogP contribution in [0.15, 0.2) is 146 Å². The molecule has 0 aliphatic heterocycles. The summed E-state index contributed by atoms with van der Waals surface area (Å²) in [5, 5.41) is 0. The number of fused-ring (bicyclic) bond motifs is 12. The van der Waals surface area contributed by atoms with Crippen LogP contribution in [0.4, 0.5) is 0 Å². The molecule has 13 rings (SSSR count). The zero-order valence-corrected chi connectivity index (χ0v) is 88.8. The minimum Gasteiger partial charge on any atom is -0.496 e. The second kappa shape index (κ2) is 36.3. The van der Waals surface area contributed by atoms with Gasteiger partial charge in [0.15, 0.2) is 0 Å². The Hall–Kier alpha value is -10.6. The minimum atomic E-state index is -0.528. The first kappa shape index (κ1) is 98.9. The molecule has 0 aromatic heterocycles. The predicted molar refractivity (Wildman–Crippen MR) is 560 cm³/mol. The van der Waals surface area contributed by atoms with E-state index in [1.165, 1.54) is 167 Å². The molecular weight excluding hydrogens is 1610 g/mol. The van der Waals surface area contributed by atoms with Crippen molar-refractivity contribution in [2.45, 2.75) is 317 Å². The van der Waals surface area contributed by atoms with Crippen LogP contribution in [0.25, 0.3) is 0 Å². The Morgan fingerprint density at radius 1 is 0.144 bits per heavy atom. The van der Waals surface area contributed by atoms with E-state index in [4.69, 9.17) is 28.4 Å². The van der Waals surface area contributed by atoms with E-state index in [9.17, 15) is 0 Å². The normalized spacial score (nSPS) is 16.4. The summed E-state index contributed by atoms with van der Waals surface area (Å²) in [6, 6.07) is 59.0. The van der Waals surface area contributed by atoms with E-state index < -0.39 is 68.0 Å². The van der Waals surface area contributed by atoms with Crippen molar-refractivity contribution in [1.82, 2.24) is 0 Å². The molecule has 0 fully saturated rings. The van der Waals surface area contributed by atoms with Crippen LogP contribution in [-0.2, 0) is 32.5 Å². The van der Waals surface area contributed by atoms with Gasteiger partial charge in [0.05, 0.1) is 42.7 Å². The van der Waals surface area contributed by atoms with Gasteiger partial charge in [-0.2, -0.15) is 0 Å². The van der Waals surface area contributed by atoms with Crippen LogP contribution in [0.5, 0.6) is 34.5 Å². The van der Waals surface area contributed by atoms with Crippen LogP contribution in [-0.4, -0.2) is 42.7 Å². The van der Waals surface area contributed by atoms with E-state index in [2.05, 4.69) is 395 Å². The van der Waals surface area contributed by atoms with E-state index in [0.717, 1.165) is 101 Å². The summed E-state index contributed by atoms with van der Waals surface area (Å²) in [4.78, 5) is 0. The summed E-state index contributed by atoms with van der Waals surface area (Å²) in [5.41, 5.74) is 45.4. The molecule has 12 aromatic carbocycles. The monoisotopic (exact) mass is 1770 g/mol. The van der Waals surface area contributed by atoms with Crippen molar-refractivity contribution >= 4 is 0 Å². The summed E-state index contributed by atoms with van der Waals surface area (Å²) in [6.45, 7) is 84.4. The highest BCUT2D eigenvalue weighted by Crippen LogP contribution is 2.61. The van der Waals surface area contributed by atoms with E-state index in [0.29, 0.717) is 0 Å². The van der Waals surface area contributed by atoms with Crippen molar-refractivity contribution in [3.63, 3.8) is 0 Å². The molecule has 12 aromatic rings. The van der Waals surface area contributed by atoms with Gasteiger partial charge in [0.25, 0.3) is 0 Å². The zero-order valence-electron chi connectivity index (χ0n) is 88.8. The molecule has 0 saturated carbocycles. The minimum absolute atomic E-state index is 0.428. The summed E-state index contributed by atoms with van der Waals surface area (Å²) < 4.78 is 46.5. The van der Waals surface area contributed by atoms with Crippen LogP contribution < -0.4 is 28.4 Å². The van der Waals surface area contributed by atoms with Crippen LogP contribution in [0.2, 0.25) is 0 Å². The Bertz CT molecular complexity index is 5210. The van der Waals surface area contributed by atoms with Crippen molar-refractivity contribution < 1.29 is 28.4 Å². The van der Waals surface area contributed by atoms with Gasteiger partial charge in [-0.25, -0.2) is 0 Å². The van der Waals surface area contributed by atoms with Gasteiger partial charge in [0, 0.05) is 102 Å². The predicted octanol–water partition coefficient (Wildman–Crippen LogP) is 32.5. The lowest BCUT2D eigenvalue weighted by molar-refractivity contribution is 0.388. The maximum absolute atomic E-state index is 7.75. The first-order chi connectivity index (χ1) is 61.4. The third-order valence-corrected chi connectivity index (χ3v) is 29.2. The third-order valence-electron chi connectivity index (χ3n) is 29.2. The SMILES string of the molecule is COc1c2cc(C(C)(C)C)cc1C(c1c(C)cc(C)cc1C)c1cc(C(C)(C)C)cc(c1OC)C(c1c(C)cc(C)cc1C)c1cc(C(C)(C)C)cc(c1OC)C(c1c(C)cc(C)cc1C)c1cc(C(C)(C)C)cc(c1OC)C(c1c(C)cc(C)cc1C)c1cc(C(C)(C)C)cc(c1OC)C(c1c(C)cc(C)cc1C)c1cc(C(C)(C)C)cc(c1OC)C2c1c(C)cc(C)cc1C. The van der Waals surface area contributed by atoms with Crippen LogP contribution in [0, 0.1) is 125 Å². The van der Waals surface area contributed by atoms with E-state index in [1.54, 1.807) is 0 Å². The molecule has 0 amide bonds. The average molecular weight is 1770 g/mol. The van der Waals surface area contributed by atoms with Crippen molar-refractivity contribution in [1.29, 1.82) is 0 Å². The fraction of sp³-hybridized carbons (Fsp3) is 0.429. The van der Waals surface area contributed by atoms with E-state index >= 15 is 0 Å². The van der Waals surface area contributed by atoms with Gasteiger partial charge in [-0.1, -0.05) is 304 Å². The molecule has 1 aliphatic carbocycles. The highest BCUT2D eigenvalue weighted by molar-refractivity contribution is 5.75. The smallest absolute Gasteiger partial charge is 0.127 e. The summed E-state index contributed by atoms with van der Waals surface area (Å²) in [5.74, 6) is 1.62. The summed E-state index contributed by atoms with van der Waals surface area (Å²) >= 11 is 0. The number of benzene rings is 12. The van der Waals surface area contributed by atoms with Gasteiger partial charge in [-0.15, -0.1) is 0 Å². The van der Waals surface area contributed by atoms with Crippen molar-refractivity contribution in [3.05, 3.63) is 379 Å². The lowest BCUT2D eigenvalue weighted by Gasteiger charge is -2.37. The van der Waals surface area contributed by atoms with Crippen LogP contribution in [0.1, 0.15) is 394 Å². The molecule has 1 aliphatic rings. The summed E-state index contributed by atoms with van der Waals surface area (Å²) in [7, 11) is 11.6. The Morgan fingerprint density at radius 2 is 0.227 bits per heavy atom. The number of methoxy groups -OCH3 is 6. The van der Waals surface area contributed by atoms with Crippen LogP contribution in [0.3, 0.4) is 0 Å². The molecule has 0 radical (unpaired) electrons. The Kier molecular flexibility index (Phi) is 27.2. The third kappa shape index (κ3) is 18.4. The molecule has 132 heavy (non-hydrogen) atoms. The maximum Gasteiger partial charge on any atom is 0.127 e. The Labute approximate surface area is 796 Å². The topological polar surface area (TPSA) is 55.4 Å². The molecule has 0 unspecified atom stereocenters. The number of hydrogen-bond acceptors (Lipinski definition) is 6. The first-order valence-electron chi connectivity index (χ1n) is 48.2. The zero-order chi connectivity index (χ0) is 97.4. The lowest BCUT2D eigenvalue weighted by Crippen LogP contribution is -2.23. The van der Waals surface area contributed by atoms with Gasteiger partial charge in [0.1, 0.15) is 34.5 Å². The quantitative estimate of drug-likeness (QED) is 0.121. The Balaban J connectivity index is 1.45. The molecule has 0 saturated heterocycles. The number of hydrogen-bond donors (Lipinski definition) is 0. The fourth-order valence-corrected chi connectivity index (χ4v) is 23.4. The molecule has 6 nitrogen and oxygen atoms in total. The molecule has 0 N–H and O–H groups in total. The first-order valence-corrected chi connectivity index (χ1v) is 48.2. The number of rotatable bonds is 12. The molecule has 696 valence electrons. The van der Waals surface area contributed by atoms with Gasteiger partial charge < -0.3 is 28.4 Å². The maximum atomic E-state index is 7.75. The van der Waals surface area contributed by atoms with Gasteiger partial charge in [-0.05, 0) is 291 Å².